The quantitative estimate of drug-likeness (QED) is 0.495. The van der Waals surface area contributed by atoms with Gasteiger partial charge in [-0.25, -0.2) is 4.98 Å². The van der Waals surface area contributed by atoms with Gasteiger partial charge in [-0.2, -0.15) is 0 Å². The van der Waals surface area contributed by atoms with Crippen LogP contribution in [0.25, 0.3) is 11.0 Å². The highest BCUT2D eigenvalue weighted by Gasteiger charge is 2.14. The van der Waals surface area contributed by atoms with E-state index in [1.165, 1.54) is 0 Å². The van der Waals surface area contributed by atoms with Crippen LogP contribution in [0.4, 0.5) is 0 Å². The van der Waals surface area contributed by atoms with Crippen LogP contribution in [0.2, 0.25) is 0 Å². The van der Waals surface area contributed by atoms with E-state index in [0.717, 1.165) is 40.9 Å². The number of imidazole rings is 1. The van der Waals surface area contributed by atoms with Crippen molar-refractivity contribution in [1.29, 1.82) is 0 Å². The SMILES string of the molecule is CC(C)CCOCCn1c(C(C)Cl)nc2cc(Br)ccc21. The summed E-state index contributed by atoms with van der Waals surface area (Å²) in [6, 6.07) is 6.13. The molecule has 0 bridgehead atoms. The molecule has 0 spiro atoms. The molecule has 2 aromatic rings. The van der Waals surface area contributed by atoms with Gasteiger partial charge in [-0.05, 0) is 37.5 Å². The van der Waals surface area contributed by atoms with E-state index in [1.54, 1.807) is 0 Å². The second-order valence-corrected chi connectivity index (χ2v) is 7.24. The Labute approximate surface area is 139 Å². The molecule has 21 heavy (non-hydrogen) atoms. The van der Waals surface area contributed by atoms with Crippen LogP contribution in [-0.4, -0.2) is 22.8 Å². The molecular formula is C16H22BrClN2O. The van der Waals surface area contributed by atoms with Crippen LogP contribution in [0.3, 0.4) is 0 Å². The predicted molar refractivity (Wildman–Crippen MR) is 92.0 cm³/mol. The number of hydrogen-bond donors (Lipinski definition) is 0. The zero-order chi connectivity index (χ0) is 15.4. The molecule has 3 nitrogen and oxygen atoms in total. The van der Waals surface area contributed by atoms with Crippen molar-refractivity contribution in [1.82, 2.24) is 9.55 Å². The highest BCUT2D eigenvalue weighted by atomic mass is 79.9. The number of ether oxygens (including phenoxy) is 1. The van der Waals surface area contributed by atoms with Crippen molar-refractivity contribution >= 4 is 38.6 Å². The lowest BCUT2D eigenvalue weighted by Gasteiger charge is -2.11. The molecule has 1 aromatic heterocycles. The standard InChI is InChI=1S/C16H22BrClN2O/c1-11(2)6-8-21-9-7-20-15-5-4-13(17)10-14(15)19-16(20)12(3)18/h4-5,10-12H,6-9H2,1-3H3. The number of halogens is 2. The van der Waals surface area contributed by atoms with Crippen molar-refractivity contribution in [2.45, 2.75) is 39.1 Å². The number of alkyl halides is 1. The van der Waals surface area contributed by atoms with Gasteiger partial charge in [0.05, 0.1) is 23.0 Å². The third-order valence-electron chi connectivity index (χ3n) is 3.39. The van der Waals surface area contributed by atoms with Crippen molar-refractivity contribution in [3.05, 3.63) is 28.5 Å². The number of rotatable bonds is 7. The first-order valence-electron chi connectivity index (χ1n) is 7.36. The summed E-state index contributed by atoms with van der Waals surface area (Å²) in [6.45, 7) is 8.64. The molecular weight excluding hydrogens is 352 g/mol. The van der Waals surface area contributed by atoms with E-state index in [9.17, 15) is 0 Å². The Morgan fingerprint density at radius 2 is 2.05 bits per heavy atom. The predicted octanol–water partition coefficient (Wildman–Crippen LogP) is 5.16. The van der Waals surface area contributed by atoms with Crippen molar-refractivity contribution in [2.75, 3.05) is 13.2 Å². The van der Waals surface area contributed by atoms with Crippen LogP contribution in [0.15, 0.2) is 22.7 Å². The molecule has 1 unspecified atom stereocenters. The molecule has 0 N–H and O–H groups in total. The minimum absolute atomic E-state index is 0.119. The lowest BCUT2D eigenvalue weighted by atomic mass is 10.1. The van der Waals surface area contributed by atoms with Gasteiger partial charge in [0.15, 0.2) is 0 Å². The maximum atomic E-state index is 6.27. The molecule has 0 fully saturated rings. The molecule has 116 valence electrons. The summed E-state index contributed by atoms with van der Waals surface area (Å²) < 4.78 is 8.92. The molecule has 0 saturated heterocycles. The van der Waals surface area contributed by atoms with Crippen LogP contribution in [-0.2, 0) is 11.3 Å². The maximum Gasteiger partial charge on any atom is 0.127 e. The maximum absolute atomic E-state index is 6.27. The number of hydrogen-bond acceptors (Lipinski definition) is 2. The van der Waals surface area contributed by atoms with Crippen LogP contribution in [0.5, 0.6) is 0 Å². The van der Waals surface area contributed by atoms with Gasteiger partial charge < -0.3 is 9.30 Å². The minimum atomic E-state index is -0.119. The van der Waals surface area contributed by atoms with Crippen molar-refractivity contribution < 1.29 is 4.74 Å². The average molecular weight is 374 g/mol. The summed E-state index contributed by atoms with van der Waals surface area (Å²) in [5.41, 5.74) is 2.07. The van der Waals surface area contributed by atoms with Gasteiger partial charge in [0, 0.05) is 17.6 Å². The number of aromatic nitrogens is 2. The van der Waals surface area contributed by atoms with E-state index in [0.29, 0.717) is 12.5 Å². The second kappa shape index (κ2) is 7.61. The van der Waals surface area contributed by atoms with E-state index in [-0.39, 0.29) is 5.38 Å². The third kappa shape index (κ3) is 4.44. The van der Waals surface area contributed by atoms with E-state index in [4.69, 9.17) is 16.3 Å². The first-order valence-corrected chi connectivity index (χ1v) is 8.59. The van der Waals surface area contributed by atoms with Gasteiger partial charge in [0.25, 0.3) is 0 Å². The molecule has 2 rings (SSSR count). The van der Waals surface area contributed by atoms with Gasteiger partial charge in [0.2, 0.25) is 0 Å². The molecule has 0 aliphatic heterocycles. The zero-order valence-electron chi connectivity index (χ0n) is 12.8. The Bertz CT molecular complexity index is 595. The molecule has 0 radical (unpaired) electrons. The Hall–Kier alpha value is -0.580. The van der Waals surface area contributed by atoms with Crippen molar-refractivity contribution in [2.24, 2.45) is 5.92 Å². The van der Waals surface area contributed by atoms with Crippen molar-refractivity contribution in [3.8, 4) is 0 Å². The van der Waals surface area contributed by atoms with E-state index < -0.39 is 0 Å². The topological polar surface area (TPSA) is 27.1 Å². The van der Waals surface area contributed by atoms with Crippen LogP contribution in [0, 0.1) is 5.92 Å². The highest BCUT2D eigenvalue weighted by molar-refractivity contribution is 9.10. The van der Waals surface area contributed by atoms with Crippen LogP contribution in [0.1, 0.15) is 38.4 Å². The molecule has 0 amide bonds. The summed E-state index contributed by atoms with van der Waals surface area (Å²) in [5, 5.41) is -0.119. The largest absolute Gasteiger partial charge is 0.380 e. The smallest absolute Gasteiger partial charge is 0.127 e. The fraction of sp³-hybridized carbons (Fsp3) is 0.562. The zero-order valence-corrected chi connectivity index (χ0v) is 15.1. The van der Waals surface area contributed by atoms with Gasteiger partial charge >= 0.3 is 0 Å². The average Bonchev–Trinajstić information content (AvgIpc) is 2.76. The number of fused-ring (bicyclic) bond motifs is 1. The van der Waals surface area contributed by atoms with Gasteiger partial charge in [-0.15, -0.1) is 11.6 Å². The molecule has 0 saturated carbocycles. The minimum Gasteiger partial charge on any atom is -0.380 e. The summed E-state index contributed by atoms with van der Waals surface area (Å²) in [5.74, 6) is 1.58. The van der Waals surface area contributed by atoms with Crippen LogP contribution >= 0.6 is 27.5 Å². The van der Waals surface area contributed by atoms with Gasteiger partial charge in [0.1, 0.15) is 5.82 Å². The lowest BCUT2D eigenvalue weighted by Crippen LogP contribution is -2.11. The first-order chi connectivity index (χ1) is 9.99. The van der Waals surface area contributed by atoms with Gasteiger partial charge in [-0.3, -0.25) is 0 Å². The Kier molecular flexibility index (Phi) is 6.08. The van der Waals surface area contributed by atoms with E-state index in [1.807, 2.05) is 19.1 Å². The van der Waals surface area contributed by atoms with Crippen molar-refractivity contribution in [3.63, 3.8) is 0 Å². The molecule has 1 aromatic carbocycles. The fourth-order valence-corrected chi connectivity index (χ4v) is 2.75. The second-order valence-electron chi connectivity index (χ2n) is 5.67. The summed E-state index contributed by atoms with van der Waals surface area (Å²) in [4.78, 5) is 4.65. The summed E-state index contributed by atoms with van der Waals surface area (Å²) in [7, 11) is 0. The Morgan fingerprint density at radius 1 is 1.29 bits per heavy atom. The molecule has 0 aliphatic carbocycles. The summed E-state index contributed by atoms with van der Waals surface area (Å²) >= 11 is 9.75. The normalized spacial score (nSPS) is 13.2. The van der Waals surface area contributed by atoms with Gasteiger partial charge in [-0.1, -0.05) is 29.8 Å². The van der Waals surface area contributed by atoms with Crippen LogP contribution < -0.4 is 0 Å². The summed E-state index contributed by atoms with van der Waals surface area (Å²) in [6.07, 6.45) is 1.09. The third-order valence-corrected chi connectivity index (χ3v) is 4.08. The highest BCUT2D eigenvalue weighted by Crippen LogP contribution is 2.26. The molecule has 5 heteroatoms. The Morgan fingerprint density at radius 3 is 2.71 bits per heavy atom. The fourth-order valence-electron chi connectivity index (χ4n) is 2.24. The number of benzene rings is 1. The Balaban J connectivity index is 2.11. The van der Waals surface area contributed by atoms with E-state index in [2.05, 4.69) is 45.4 Å². The number of nitrogens with zero attached hydrogens (tertiary/aromatic N) is 2. The van der Waals surface area contributed by atoms with E-state index >= 15 is 0 Å². The molecule has 1 heterocycles. The monoisotopic (exact) mass is 372 g/mol. The lowest BCUT2D eigenvalue weighted by molar-refractivity contribution is 0.116. The molecule has 0 aliphatic rings. The molecule has 1 atom stereocenters. The first kappa shape index (κ1) is 16.8.